The van der Waals surface area contributed by atoms with E-state index in [0.29, 0.717) is 30.9 Å². The molecule has 0 aromatic rings. The molecular weight excluding hydrogens is 226 g/mol. The van der Waals surface area contributed by atoms with E-state index in [1.165, 1.54) is 0 Å². The molecule has 0 aliphatic heterocycles. The summed E-state index contributed by atoms with van der Waals surface area (Å²) in [6.07, 6.45) is 8.21. The molecular formula is C15H29NO2. The SMILES string of the molecule is CC(C)CCCC(=O)NC1CCC(CCO)CC1. The molecule has 106 valence electrons. The Bertz CT molecular complexity index is 233. The molecule has 0 heterocycles. The Morgan fingerprint density at radius 1 is 1.28 bits per heavy atom. The van der Waals surface area contributed by atoms with E-state index in [4.69, 9.17) is 5.11 Å². The maximum Gasteiger partial charge on any atom is 0.220 e. The van der Waals surface area contributed by atoms with Crippen LogP contribution >= 0.6 is 0 Å². The zero-order chi connectivity index (χ0) is 13.4. The number of aliphatic hydroxyl groups is 1. The Labute approximate surface area is 111 Å². The third-order valence-electron chi connectivity index (χ3n) is 3.93. The number of carbonyl (C=O) groups excluding carboxylic acids is 1. The second kappa shape index (κ2) is 8.52. The lowest BCUT2D eigenvalue weighted by atomic mass is 9.84. The van der Waals surface area contributed by atoms with Gasteiger partial charge in [-0.15, -0.1) is 0 Å². The number of carbonyl (C=O) groups is 1. The fourth-order valence-corrected chi connectivity index (χ4v) is 2.75. The maximum absolute atomic E-state index is 11.7. The lowest BCUT2D eigenvalue weighted by molar-refractivity contribution is -0.122. The van der Waals surface area contributed by atoms with Gasteiger partial charge in [0.05, 0.1) is 0 Å². The average molecular weight is 255 g/mol. The largest absolute Gasteiger partial charge is 0.396 e. The van der Waals surface area contributed by atoms with Crippen LogP contribution in [-0.2, 0) is 4.79 Å². The molecule has 1 aliphatic carbocycles. The predicted octanol–water partition coefficient (Wildman–Crippen LogP) is 2.87. The van der Waals surface area contributed by atoms with E-state index in [2.05, 4.69) is 19.2 Å². The molecule has 1 aliphatic rings. The van der Waals surface area contributed by atoms with Gasteiger partial charge < -0.3 is 10.4 Å². The third-order valence-corrected chi connectivity index (χ3v) is 3.93. The summed E-state index contributed by atoms with van der Waals surface area (Å²) in [5.74, 6) is 1.58. The standard InChI is InChI=1S/C15H29NO2/c1-12(2)4-3-5-15(18)16-14-8-6-13(7-9-14)10-11-17/h12-14,17H,3-11H2,1-2H3,(H,16,18). The van der Waals surface area contributed by atoms with Crippen molar-refractivity contribution in [3.05, 3.63) is 0 Å². The molecule has 2 N–H and O–H groups in total. The van der Waals surface area contributed by atoms with Crippen LogP contribution in [0.15, 0.2) is 0 Å². The van der Waals surface area contributed by atoms with Crippen molar-refractivity contribution in [1.82, 2.24) is 5.32 Å². The van der Waals surface area contributed by atoms with Gasteiger partial charge in [0.1, 0.15) is 0 Å². The number of rotatable bonds is 7. The molecule has 3 nitrogen and oxygen atoms in total. The van der Waals surface area contributed by atoms with Gasteiger partial charge in [0.2, 0.25) is 5.91 Å². The van der Waals surface area contributed by atoms with Gasteiger partial charge in [-0.2, -0.15) is 0 Å². The van der Waals surface area contributed by atoms with Gasteiger partial charge in [-0.05, 0) is 50.4 Å². The minimum Gasteiger partial charge on any atom is -0.396 e. The third kappa shape index (κ3) is 6.39. The van der Waals surface area contributed by atoms with E-state index < -0.39 is 0 Å². The van der Waals surface area contributed by atoms with Crippen molar-refractivity contribution in [3.63, 3.8) is 0 Å². The number of aliphatic hydroxyl groups excluding tert-OH is 1. The van der Waals surface area contributed by atoms with Crippen LogP contribution in [-0.4, -0.2) is 23.7 Å². The summed E-state index contributed by atoms with van der Waals surface area (Å²) in [6.45, 7) is 4.69. The van der Waals surface area contributed by atoms with E-state index in [9.17, 15) is 4.79 Å². The highest BCUT2D eigenvalue weighted by Gasteiger charge is 2.21. The highest BCUT2D eigenvalue weighted by atomic mass is 16.3. The smallest absolute Gasteiger partial charge is 0.220 e. The Hall–Kier alpha value is -0.570. The van der Waals surface area contributed by atoms with Crippen molar-refractivity contribution in [3.8, 4) is 0 Å². The summed E-state index contributed by atoms with van der Waals surface area (Å²) < 4.78 is 0. The zero-order valence-electron chi connectivity index (χ0n) is 12.0. The van der Waals surface area contributed by atoms with E-state index in [1.807, 2.05) is 0 Å². The van der Waals surface area contributed by atoms with Crippen molar-refractivity contribution in [2.75, 3.05) is 6.61 Å². The first-order valence-corrected chi connectivity index (χ1v) is 7.52. The van der Waals surface area contributed by atoms with E-state index in [0.717, 1.165) is 44.9 Å². The molecule has 0 unspecified atom stereocenters. The fraction of sp³-hybridized carbons (Fsp3) is 0.933. The van der Waals surface area contributed by atoms with Gasteiger partial charge in [-0.3, -0.25) is 4.79 Å². The second-order valence-corrected chi connectivity index (χ2v) is 6.08. The van der Waals surface area contributed by atoms with Crippen LogP contribution in [0, 0.1) is 11.8 Å². The lowest BCUT2D eigenvalue weighted by Crippen LogP contribution is -2.37. The molecule has 3 heteroatoms. The molecule has 0 radical (unpaired) electrons. The minimum absolute atomic E-state index is 0.223. The lowest BCUT2D eigenvalue weighted by Gasteiger charge is -2.28. The number of amides is 1. The van der Waals surface area contributed by atoms with Crippen molar-refractivity contribution in [2.45, 2.75) is 71.3 Å². The van der Waals surface area contributed by atoms with Crippen LogP contribution in [0.25, 0.3) is 0 Å². The van der Waals surface area contributed by atoms with Crippen LogP contribution in [0.2, 0.25) is 0 Å². The van der Waals surface area contributed by atoms with Gasteiger partial charge in [0.15, 0.2) is 0 Å². The number of hydrogen-bond donors (Lipinski definition) is 2. The molecule has 0 aromatic heterocycles. The molecule has 1 amide bonds. The summed E-state index contributed by atoms with van der Waals surface area (Å²) in [7, 11) is 0. The van der Waals surface area contributed by atoms with Gasteiger partial charge in [0, 0.05) is 19.1 Å². The van der Waals surface area contributed by atoms with Crippen molar-refractivity contribution < 1.29 is 9.90 Å². The van der Waals surface area contributed by atoms with Gasteiger partial charge in [-0.1, -0.05) is 20.3 Å². The van der Waals surface area contributed by atoms with Crippen LogP contribution < -0.4 is 5.32 Å². The van der Waals surface area contributed by atoms with Gasteiger partial charge in [-0.25, -0.2) is 0 Å². The van der Waals surface area contributed by atoms with E-state index in [-0.39, 0.29) is 5.91 Å². The molecule has 0 spiro atoms. The Morgan fingerprint density at radius 2 is 1.94 bits per heavy atom. The van der Waals surface area contributed by atoms with Crippen LogP contribution in [0.3, 0.4) is 0 Å². The van der Waals surface area contributed by atoms with Crippen LogP contribution in [0.4, 0.5) is 0 Å². The monoisotopic (exact) mass is 255 g/mol. The minimum atomic E-state index is 0.223. The topological polar surface area (TPSA) is 49.3 Å². The summed E-state index contributed by atoms with van der Waals surface area (Å²) in [5.41, 5.74) is 0. The molecule has 1 fully saturated rings. The van der Waals surface area contributed by atoms with Gasteiger partial charge >= 0.3 is 0 Å². The highest BCUT2D eigenvalue weighted by molar-refractivity contribution is 5.76. The summed E-state index contributed by atoms with van der Waals surface area (Å²) >= 11 is 0. The summed E-state index contributed by atoms with van der Waals surface area (Å²) in [6, 6.07) is 0.381. The number of hydrogen-bond acceptors (Lipinski definition) is 2. The zero-order valence-corrected chi connectivity index (χ0v) is 12.0. The quantitative estimate of drug-likeness (QED) is 0.735. The first-order valence-electron chi connectivity index (χ1n) is 7.52. The maximum atomic E-state index is 11.7. The second-order valence-electron chi connectivity index (χ2n) is 6.08. The summed E-state index contributed by atoms with van der Waals surface area (Å²) in [5, 5.41) is 12.1. The van der Waals surface area contributed by atoms with Crippen LogP contribution in [0.5, 0.6) is 0 Å². The summed E-state index contributed by atoms with van der Waals surface area (Å²) in [4.78, 5) is 11.7. The molecule has 0 saturated heterocycles. The van der Waals surface area contributed by atoms with E-state index in [1.54, 1.807) is 0 Å². The van der Waals surface area contributed by atoms with Gasteiger partial charge in [0.25, 0.3) is 0 Å². The van der Waals surface area contributed by atoms with Crippen LogP contribution in [0.1, 0.15) is 65.2 Å². The molecule has 1 saturated carbocycles. The molecule has 0 aromatic carbocycles. The Morgan fingerprint density at radius 3 is 2.50 bits per heavy atom. The average Bonchev–Trinajstić information content (AvgIpc) is 2.31. The molecule has 1 rings (SSSR count). The Balaban J connectivity index is 2.10. The fourth-order valence-electron chi connectivity index (χ4n) is 2.75. The first kappa shape index (κ1) is 15.5. The number of nitrogens with one attached hydrogen (secondary N) is 1. The van der Waals surface area contributed by atoms with E-state index >= 15 is 0 Å². The Kier molecular flexibility index (Phi) is 7.33. The highest BCUT2D eigenvalue weighted by Crippen LogP contribution is 2.26. The molecule has 0 atom stereocenters. The molecule has 18 heavy (non-hydrogen) atoms. The van der Waals surface area contributed by atoms with Crippen molar-refractivity contribution in [1.29, 1.82) is 0 Å². The van der Waals surface area contributed by atoms with Crippen molar-refractivity contribution >= 4 is 5.91 Å². The predicted molar refractivity (Wildman–Crippen MR) is 74.3 cm³/mol. The first-order chi connectivity index (χ1) is 8.61. The molecule has 0 bridgehead atoms. The van der Waals surface area contributed by atoms with Crippen molar-refractivity contribution in [2.24, 2.45) is 11.8 Å². The normalized spacial score (nSPS) is 24.2.